The first kappa shape index (κ1) is 20.7. The maximum atomic E-state index is 12.8. The largest absolute Gasteiger partial charge is 0.493 e. The van der Waals surface area contributed by atoms with E-state index in [-0.39, 0.29) is 18.2 Å². The van der Waals surface area contributed by atoms with Crippen LogP contribution in [0, 0.1) is 11.8 Å². The first-order valence-electron chi connectivity index (χ1n) is 9.83. The minimum absolute atomic E-state index is 0.0778. The maximum absolute atomic E-state index is 12.8. The second kappa shape index (κ2) is 8.99. The summed E-state index contributed by atoms with van der Waals surface area (Å²) >= 11 is 0. The number of hydrogen-bond acceptors (Lipinski definition) is 4. The van der Waals surface area contributed by atoms with Gasteiger partial charge < -0.3 is 19.7 Å². The van der Waals surface area contributed by atoms with Gasteiger partial charge in [0.2, 0.25) is 11.8 Å². The van der Waals surface area contributed by atoms with Crippen molar-refractivity contribution in [2.75, 3.05) is 31.0 Å². The highest BCUT2D eigenvalue weighted by Gasteiger charge is 2.35. The monoisotopic (exact) mass is 396 g/mol. The molecule has 1 N–H and O–H groups in total. The number of hydrogen-bond donors (Lipinski definition) is 1. The Morgan fingerprint density at radius 3 is 2.59 bits per heavy atom. The molecule has 6 heteroatoms. The van der Waals surface area contributed by atoms with Crippen molar-refractivity contribution < 1.29 is 19.1 Å². The lowest BCUT2D eigenvalue weighted by Gasteiger charge is -2.18. The van der Waals surface area contributed by atoms with E-state index in [4.69, 9.17) is 9.47 Å². The number of amides is 2. The highest BCUT2D eigenvalue weighted by Crippen LogP contribution is 2.34. The molecule has 2 aromatic rings. The van der Waals surface area contributed by atoms with E-state index in [0.29, 0.717) is 29.6 Å². The summed E-state index contributed by atoms with van der Waals surface area (Å²) in [5.41, 5.74) is 2.65. The van der Waals surface area contributed by atoms with Crippen LogP contribution in [0.5, 0.6) is 11.5 Å². The van der Waals surface area contributed by atoms with Crippen molar-refractivity contribution in [2.24, 2.45) is 11.8 Å². The molecule has 0 bridgehead atoms. The Hall–Kier alpha value is -3.02. The Bertz CT molecular complexity index is 894. The van der Waals surface area contributed by atoms with Crippen molar-refractivity contribution in [3.8, 4) is 11.5 Å². The number of benzene rings is 2. The zero-order valence-electron chi connectivity index (χ0n) is 17.4. The van der Waals surface area contributed by atoms with Crippen LogP contribution < -0.4 is 19.7 Å². The standard InChI is InChI=1S/C23H28N2O4/c1-15(2)10-16-6-5-7-18(11-16)24-23(27)17-12-22(26)25(14-17)19-8-9-20(28-3)21(13-19)29-4/h5-9,11,13,15,17H,10,12,14H2,1-4H3,(H,24,27). The topological polar surface area (TPSA) is 67.9 Å². The molecule has 2 amide bonds. The van der Waals surface area contributed by atoms with E-state index in [2.05, 4.69) is 25.2 Å². The Morgan fingerprint density at radius 2 is 1.90 bits per heavy atom. The van der Waals surface area contributed by atoms with Crippen LogP contribution >= 0.6 is 0 Å². The Morgan fingerprint density at radius 1 is 1.14 bits per heavy atom. The van der Waals surface area contributed by atoms with Crippen LogP contribution in [0.2, 0.25) is 0 Å². The van der Waals surface area contributed by atoms with Gasteiger partial charge in [-0.15, -0.1) is 0 Å². The van der Waals surface area contributed by atoms with Gasteiger partial charge in [0.1, 0.15) is 0 Å². The third kappa shape index (κ3) is 4.88. The highest BCUT2D eigenvalue weighted by atomic mass is 16.5. The van der Waals surface area contributed by atoms with E-state index in [1.807, 2.05) is 18.2 Å². The summed E-state index contributed by atoms with van der Waals surface area (Å²) < 4.78 is 10.6. The number of anilines is 2. The molecule has 6 nitrogen and oxygen atoms in total. The number of ether oxygens (including phenoxy) is 2. The van der Waals surface area contributed by atoms with Crippen molar-refractivity contribution in [2.45, 2.75) is 26.7 Å². The molecule has 2 aromatic carbocycles. The van der Waals surface area contributed by atoms with E-state index < -0.39 is 5.92 Å². The number of nitrogens with one attached hydrogen (secondary N) is 1. The van der Waals surface area contributed by atoms with Crippen molar-refractivity contribution >= 4 is 23.2 Å². The van der Waals surface area contributed by atoms with Gasteiger partial charge in [-0.3, -0.25) is 9.59 Å². The Kier molecular flexibility index (Phi) is 6.42. The van der Waals surface area contributed by atoms with E-state index >= 15 is 0 Å². The predicted molar refractivity (Wildman–Crippen MR) is 114 cm³/mol. The van der Waals surface area contributed by atoms with Crippen LogP contribution in [0.15, 0.2) is 42.5 Å². The normalized spacial score (nSPS) is 16.2. The van der Waals surface area contributed by atoms with E-state index in [1.54, 1.807) is 37.3 Å². The van der Waals surface area contributed by atoms with Gasteiger partial charge in [-0.2, -0.15) is 0 Å². The van der Waals surface area contributed by atoms with Crippen LogP contribution in [0.3, 0.4) is 0 Å². The first-order valence-corrected chi connectivity index (χ1v) is 9.83. The van der Waals surface area contributed by atoms with Crippen LogP contribution in [0.1, 0.15) is 25.8 Å². The van der Waals surface area contributed by atoms with Gasteiger partial charge in [0.05, 0.1) is 20.1 Å². The molecule has 1 saturated heterocycles. The van der Waals surface area contributed by atoms with Gasteiger partial charge in [-0.05, 0) is 42.2 Å². The summed E-state index contributed by atoms with van der Waals surface area (Å²) in [6.45, 7) is 4.67. The first-order chi connectivity index (χ1) is 13.9. The lowest BCUT2D eigenvalue weighted by atomic mass is 10.0. The minimum Gasteiger partial charge on any atom is -0.493 e. The summed E-state index contributed by atoms with van der Waals surface area (Å²) in [4.78, 5) is 26.9. The molecule has 1 heterocycles. The number of carbonyl (C=O) groups is 2. The maximum Gasteiger partial charge on any atom is 0.229 e. The van der Waals surface area contributed by atoms with Gasteiger partial charge in [-0.1, -0.05) is 26.0 Å². The highest BCUT2D eigenvalue weighted by molar-refractivity contribution is 6.03. The molecular weight excluding hydrogens is 368 g/mol. The molecule has 1 unspecified atom stereocenters. The molecule has 1 aliphatic heterocycles. The molecule has 29 heavy (non-hydrogen) atoms. The Labute approximate surface area is 171 Å². The zero-order chi connectivity index (χ0) is 21.0. The molecule has 3 rings (SSSR count). The molecule has 0 saturated carbocycles. The fraction of sp³-hybridized carbons (Fsp3) is 0.391. The third-order valence-corrected chi connectivity index (χ3v) is 5.01. The average molecular weight is 396 g/mol. The predicted octanol–water partition coefficient (Wildman–Crippen LogP) is 3.89. The molecule has 0 aliphatic carbocycles. The van der Waals surface area contributed by atoms with Crippen LogP contribution in [0.25, 0.3) is 0 Å². The fourth-order valence-electron chi connectivity index (χ4n) is 3.62. The minimum atomic E-state index is -0.399. The van der Waals surface area contributed by atoms with Crippen LogP contribution in [-0.2, 0) is 16.0 Å². The molecule has 1 fully saturated rings. The molecular formula is C23H28N2O4. The van der Waals surface area contributed by atoms with Gasteiger partial charge in [0.15, 0.2) is 11.5 Å². The molecule has 1 aliphatic rings. The molecule has 154 valence electrons. The van der Waals surface area contributed by atoms with Crippen LogP contribution in [-0.4, -0.2) is 32.6 Å². The molecule has 0 aromatic heterocycles. The summed E-state index contributed by atoms with van der Waals surface area (Å²) in [6.07, 6.45) is 1.14. The number of nitrogens with zero attached hydrogens (tertiary/aromatic N) is 1. The summed E-state index contributed by atoms with van der Waals surface area (Å²) in [7, 11) is 3.12. The van der Waals surface area contributed by atoms with Crippen molar-refractivity contribution in [1.82, 2.24) is 0 Å². The van der Waals surface area contributed by atoms with E-state index in [1.165, 1.54) is 5.56 Å². The van der Waals surface area contributed by atoms with Crippen LogP contribution in [0.4, 0.5) is 11.4 Å². The van der Waals surface area contributed by atoms with Crippen molar-refractivity contribution in [3.63, 3.8) is 0 Å². The second-order valence-corrected chi connectivity index (χ2v) is 7.73. The summed E-state index contributed by atoms with van der Waals surface area (Å²) in [6, 6.07) is 13.2. The second-order valence-electron chi connectivity index (χ2n) is 7.73. The van der Waals surface area contributed by atoms with Crippen molar-refractivity contribution in [1.29, 1.82) is 0 Å². The quantitative estimate of drug-likeness (QED) is 0.771. The lowest BCUT2D eigenvalue weighted by molar-refractivity contribution is -0.122. The Balaban J connectivity index is 1.69. The molecule has 0 spiro atoms. The third-order valence-electron chi connectivity index (χ3n) is 5.01. The zero-order valence-corrected chi connectivity index (χ0v) is 17.4. The smallest absolute Gasteiger partial charge is 0.229 e. The SMILES string of the molecule is COc1ccc(N2CC(C(=O)Nc3cccc(CC(C)C)c3)CC2=O)cc1OC. The average Bonchev–Trinajstić information content (AvgIpc) is 3.09. The number of methoxy groups -OCH3 is 2. The number of rotatable bonds is 7. The van der Waals surface area contributed by atoms with Gasteiger partial charge in [0, 0.05) is 30.4 Å². The van der Waals surface area contributed by atoms with Gasteiger partial charge >= 0.3 is 0 Å². The summed E-state index contributed by atoms with van der Waals surface area (Å²) in [5.74, 6) is 1.08. The van der Waals surface area contributed by atoms with Gasteiger partial charge in [0.25, 0.3) is 0 Å². The van der Waals surface area contributed by atoms with E-state index in [0.717, 1.165) is 12.1 Å². The molecule has 0 radical (unpaired) electrons. The fourth-order valence-corrected chi connectivity index (χ4v) is 3.62. The molecule has 1 atom stereocenters. The summed E-state index contributed by atoms with van der Waals surface area (Å²) in [5, 5.41) is 2.97. The van der Waals surface area contributed by atoms with Crippen molar-refractivity contribution in [3.05, 3.63) is 48.0 Å². The van der Waals surface area contributed by atoms with E-state index in [9.17, 15) is 9.59 Å². The number of carbonyl (C=O) groups excluding carboxylic acids is 2. The van der Waals surface area contributed by atoms with Gasteiger partial charge in [-0.25, -0.2) is 0 Å². The lowest BCUT2D eigenvalue weighted by Crippen LogP contribution is -2.28.